The van der Waals surface area contributed by atoms with Crippen LogP contribution in [0.4, 0.5) is 0 Å². The van der Waals surface area contributed by atoms with Crippen molar-refractivity contribution in [2.75, 3.05) is 27.3 Å². The molecule has 0 atom stereocenters. The average Bonchev–Trinajstić information content (AvgIpc) is 3.18. The number of methoxy groups -OCH3 is 1. The third kappa shape index (κ3) is 6.67. The Morgan fingerprint density at radius 3 is 2.63 bits per heavy atom. The highest BCUT2D eigenvalue weighted by atomic mass is 32.2. The third-order valence-corrected chi connectivity index (χ3v) is 5.26. The first-order chi connectivity index (χ1) is 12.9. The maximum absolute atomic E-state index is 12.3. The van der Waals surface area contributed by atoms with Crippen LogP contribution in [0.25, 0.3) is 6.08 Å². The van der Waals surface area contributed by atoms with E-state index in [0.29, 0.717) is 18.9 Å². The molecule has 0 aliphatic carbocycles. The van der Waals surface area contributed by atoms with Gasteiger partial charge < -0.3 is 14.1 Å². The van der Waals surface area contributed by atoms with Gasteiger partial charge in [0.1, 0.15) is 5.76 Å². The van der Waals surface area contributed by atoms with Gasteiger partial charge >= 0.3 is 0 Å². The molecule has 1 aromatic carbocycles. The molecule has 27 heavy (non-hydrogen) atoms. The number of benzene rings is 1. The van der Waals surface area contributed by atoms with E-state index >= 15 is 0 Å². The van der Waals surface area contributed by atoms with Crippen LogP contribution in [0.3, 0.4) is 0 Å². The lowest BCUT2D eigenvalue weighted by Crippen LogP contribution is -2.26. The molecule has 7 nitrogen and oxygen atoms in total. The Labute approximate surface area is 159 Å². The first-order valence-electron chi connectivity index (χ1n) is 8.46. The van der Waals surface area contributed by atoms with Crippen LogP contribution >= 0.6 is 0 Å². The molecule has 1 aromatic heterocycles. The van der Waals surface area contributed by atoms with Gasteiger partial charge in [-0.1, -0.05) is 12.1 Å². The van der Waals surface area contributed by atoms with Crippen molar-refractivity contribution in [3.63, 3.8) is 0 Å². The predicted octanol–water partition coefficient (Wildman–Crippen LogP) is 2.27. The number of carbonyl (C=O) groups excluding carboxylic acids is 1. The van der Waals surface area contributed by atoms with Crippen LogP contribution in [0.2, 0.25) is 0 Å². The van der Waals surface area contributed by atoms with Crippen molar-refractivity contribution in [2.45, 2.75) is 17.9 Å². The molecule has 1 amide bonds. The Hall–Kier alpha value is -2.42. The van der Waals surface area contributed by atoms with Gasteiger partial charge in [0, 0.05) is 33.4 Å². The number of carbonyl (C=O) groups is 1. The van der Waals surface area contributed by atoms with Crippen molar-refractivity contribution in [1.82, 2.24) is 9.62 Å². The van der Waals surface area contributed by atoms with Gasteiger partial charge in [0.25, 0.3) is 0 Å². The molecule has 2 rings (SSSR count). The van der Waals surface area contributed by atoms with E-state index in [1.54, 1.807) is 49.4 Å². The largest absolute Gasteiger partial charge is 0.468 e. The van der Waals surface area contributed by atoms with E-state index in [-0.39, 0.29) is 17.3 Å². The van der Waals surface area contributed by atoms with Crippen LogP contribution in [-0.2, 0) is 26.1 Å². The predicted molar refractivity (Wildman–Crippen MR) is 102 cm³/mol. The molecule has 2 aromatic rings. The summed E-state index contributed by atoms with van der Waals surface area (Å²) in [4.78, 5) is 13.8. The minimum Gasteiger partial charge on any atom is -0.468 e. The van der Waals surface area contributed by atoms with E-state index in [0.717, 1.165) is 12.0 Å². The van der Waals surface area contributed by atoms with Gasteiger partial charge in [-0.05, 0) is 42.3 Å². The van der Waals surface area contributed by atoms with Gasteiger partial charge in [0.05, 0.1) is 17.7 Å². The molecule has 146 valence electrons. The summed E-state index contributed by atoms with van der Waals surface area (Å²) < 4.78 is 37.1. The van der Waals surface area contributed by atoms with Crippen molar-refractivity contribution in [1.29, 1.82) is 0 Å². The average molecular weight is 392 g/mol. The first kappa shape index (κ1) is 20.9. The second kappa shape index (κ2) is 10.1. The molecule has 0 saturated heterocycles. The van der Waals surface area contributed by atoms with Crippen molar-refractivity contribution in [3.8, 4) is 0 Å². The van der Waals surface area contributed by atoms with Crippen LogP contribution in [0.5, 0.6) is 0 Å². The number of hydrogen-bond donors (Lipinski definition) is 1. The molecule has 0 spiro atoms. The lowest BCUT2D eigenvalue weighted by atomic mass is 10.2. The summed E-state index contributed by atoms with van der Waals surface area (Å²) >= 11 is 0. The fourth-order valence-electron chi connectivity index (χ4n) is 2.27. The molecule has 0 aliphatic heterocycles. The molecule has 0 fully saturated rings. The van der Waals surface area contributed by atoms with E-state index in [2.05, 4.69) is 4.72 Å². The maximum atomic E-state index is 12.3. The second-order valence-corrected chi connectivity index (χ2v) is 7.68. The van der Waals surface area contributed by atoms with Gasteiger partial charge in [-0.3, -0.25) is 4.79 Å². The second-order valence-electron chi connectivity index (χ2n) is 5.91. The Bertz CT molecular complexity index is 843. The van der Waals surface area contributed by atoms with Crippen molar-refractivity contribution in [2.24, 2.45) is 0 Å². The molecule has 1 heterocycles. The molecule has 0 radical (unpaired) electrons. The van der Waals surface area contributed by atoms with E-state index in [1.165, 1.54) is 24.5 Å². The molecular formula is C19H24N2O5S. The summed E-state index contributed by atoms with van der Waals surface area (Å²) in [6.07, 6.45) is 5.37. The highest BCUT2D eigenvalue weighted by Crippen LogP contribution is 2.13. The van der Waals surface area contributed by atoms with Gasteiger partial charge in [0.2, 0.25) is 15.9 Å². The SMILES string of the molecule is COCCCN(C)C(=O)/C=C/c1ccc(S(=O)(=O)NCc2ccco2)cc1. The summed E-state index contributed by atoms with van der Waals surface area (Å²) in [7, 11) is -0.284. The molecule has 0 saturated carbocycles. The zero-order chi connectivity index (χ0) is 19.7. The standard InChI is InChI=1S/C19H24N2O5S/c1-21(12-4-13-25-2)19(22)11-8-16-6-9-18(10-7-16)27(23,24)20-15-17-5-3-14-26-17/h3,5-11,14,20H,4,12-13,15H2,1-2H3/b11-8+. The number of nitrogens with zero attached hydrogens (tertiary/aromatic N) is 1. The molecule has 0 aliphatic rings. The Morgan fingerprint density at radius 2 is 2.00 bits per heavy atom. The van der Waals surface area contributed by atoms with Crippen molar-refractivity contribution >= 4 is 22.0 Å². The van der Waals surface area contributed by atoms with Crippen molar-refractivity contribution < 1.29 is 22.4 Å². The topological polar surface area (TPSA) is 88.8 Å². The summed E-state index contributed by atoms with van der Waals surface area (Å²) in [5.41, 5.74) is 0.735. The van der Waals surface area contributed by atoms with Crippen LogP contribution in [0, 0.1) is 0 Å². The fourth-order valence-corrected chi connectivity index (χ4v) is 3.27. The highest BCUT2D eigenvalue weighted by molar-refractivity contribution is 7.89. The normalized spacial score (nSPS) is 11.8. The number of furan rings is 1. The van der Waals surface area contributed by atoms with E-state index < -0.39 is 10.0 Å². The summed E-state index contributed by atoms with van der Waals surface area (Å²) in [5.74, 6) is 0.411. The maximum Gasteiger partial charge on any atom is 0.246 e. The Morgan fingerprint density at radius 1 is 1.26 bits per heavy atom. The van der Waals surface area contributed by atoms with Crippen LogP contribution in [-0.4, -0.2) is 46.5 Å². The zero-order valence-corrected chi connectivity index (χ0v) is 16.2. The third-order valence-electron chi connectivity index (χ3n) is 3.84. The van der Waals surface area contributed by atoms with Gasteiger partial charge in [-0.2, -0.15) is 0 Å². The van der Waals surface area contributed by atoms with E-state index in [4.69, 9.17) is 9.15 Å². The summed E-state index contributed by atoms with van der Waals surface area (Å²) in [6.45, 7) is 1.29. The minimum atomic E-state index is -3.63. The molecule has 0 bridgehead atoms. The quantitative estimate of drug-likeness (QED) is 0.495. The van der Waals surface area contributed by atoms with Crippen LogP contribution in [0.15, 0.2) is 58.1 Å². The Balaban J connectivity index is 1.92. The van der Waals surface area contributed by atoms with Gasteiger partial charge in [-0.15, -0.1) is 0 Å². The minimum absolute atomic E-state index is 0.0842. The number of hydrogen-bond acceptors (Lipinski definition) is 5. The smallest absolute Gasteiger partial charge is 0.246 e. The van der Waals surface area contributed by atoms with Crippen LogP contribution < -0.4 is 4.72 Å². The molecule has 0 unspecified atom stereocenters. The number of likely N-dealkylation sites (N-methyl/N-ethyl adjacent to an activating group) is 1. The van der Waals surface area contributed by atoms with Crippen molar-refractivity contribution in [3.05, 3.63) is 60.1 Å². The number of sulfonamides is 1. The number of nitrogens with one attached hydrogen (secondary N) is 1. The lowest BCUT2D eigenvalue weighted by molar-refractivity contribution is -0.124. The number of ether oxygens (including phenoxy) is 1. The number of rotatable bonds is 10. The lowest BCUT2D eigenvalue weighted by Gasteiger charge is -2.14. The summed E-state index contributed by atoms with van der Waals surface area (Å²) in [5, 5.41) is 0. The first-order valence-corrected chi connectivity index (χ1v) is 9.95. The molecular weight excluding hydrogens is 368 g/mol. The monoisotopic (exact) mass is 392 g/mol. The number of amides is 1. The zero-order valence-electron chi connectivity index (χ0n) is 15.4. The van der Waals surface area contributed by atoms with Gasteiger partial charge in [0.15, 0.2) is 0 Å². The van der Waals surface area contributed by atoms with Crippen LogP contribution in [0.1, 0.15) is 17.7 Å². The Kier molecular flexibility index (Phi) is 7.78. The molecule has 8 heteroatoms. The van der Waals surface area contributed by atoms with Gasteiger partial charge in [-0.25, -0.2) is 13.1 Å². The highest BCUT2D eigenvalue weighted by Gasteiger charge is 2.14. The summed E-state index contributed by atoms with van der Waals surface area (Å²) in [6, 6.07) is 9.68. The molecule has 1 N–H and O–H groups in total. The fraction of sp³-hybridized carbons (Fsp3) is 0.316. The van der Waals surface area contributed by atoms with E-state index in [1.807, 2.05) is 0 Å². The van der Waals surface area contributed by atoms with E-state index in [9.17, 15) is 13.2 Å².